The van der Waals surface area contributed by atoms with Gasteiger partial charge in [-0.3, -0.25) is 9.69 Å². The molecule has 0 bridgehead atoms. The summed E-state index contributed by atoms with van der Waals surface area (Å²) in [6.07, 6.45) is 2.07. The first-order valence-corrected chi connectivity index (χ1v) is 12.4. The number of carbonyl (C=O) groups is 1. The lowest BCUT2D eigenvalue weighted by atomic mass is 10.0. The molecule has 6 nitrogen and oxygen atoms in total. The number of carbonyl (C=O) groups excluding carboxylic acids is 1. The van der Waals surface area contributed by atoms with E-state index < -0.39 is 16.1 Å². The lowest BCUT2D eigenvalue weighted by Crippen LogP contribution is -2.52. The van der Waals surface area contributed by atoms with Crippen LogP contribution in [0, 0.1) is 20.8 Å². The van der Waals surface area contributed by atoms with E-state index >= 15 is 0 Å². The Morgan fingerprint density at radius 2 is 1.55 bits per heavy atom. The van der Waals surface area contributed by atoms with Crippen molar-refractivity contribution in [3.8, 4) is 0 Å². The summed E-state index contributed by atoms with van der Waals surface area (Å²) in [5.41, 5.74) is 3.57. The van der Waals surface area contributed by atoms with Gasteiger partial charge in [-0.1, -0.05) is 48.0 Å². The van der Waals surface area contributed by atoms with E-state index in [4.69, 9.17) is 0 Å². The van der Waals surface area contributed by atoms with Gasteiger partial charge in [0.15, 0.2) is 0 Å². The Bertz CT molecular complexity index is 1030. The van der Waals surface area contributed by atoms with Gasteiger partial charge in [0.05, 0.1) is 4.90 Å². The van der Waals surface area contributed by atoms with Crippen LogP contribution in [0.4, 0.5) is 0 Å². The van der Waals surface area contributed by atoms with Crippen LogP contribution in [0.15, 0.2) is 47.4 Å². The van der Waals surface area contributed by atoms with Gasteiger partial charge in [0.1, 0.15) is 6.04 Å². The Kier molecular flexibility index (Phi) is 6.19. The second kappa shape index (κ2) is 8.73. The minimum Gasteiger partial charge on any atom is -0.352 e. The van der Waals surface area contributed by atoms with Gasteiger partial charge in [0, 0.05) is 32.2 Å². The highest BCUT2D eigenvalue weighted by Gasteiger charge is 2.37. The molecule has 1 aliphatic carbocycles. The molecule has 0 aromatic heterocycles. The number of nitrogens with zero attached hydrogens (tertiary/aromatic N) is 2. The molecule has 1 saturated heterocycles. The molecule has 4 rings (SSSR count). The van der Waals surface area contributed by atoms with Gasteiger partial charge in [-0.2, -0.15) is 4.31 Å². The van der Waals surface area contributed by atoms with Crippen LogP contribution in [0.2, 0.25) is 0 Å². The molecule has 1 atom stereocenters. The van der Waals surface area contributed by atoms with E-state index in [-0.39, 0.29) is 11.9 Å². The second-order valence-electron chi connectivity index (χ2n) is 8.76. The summed E-state index contributed by atoms with van der Waals surface area (Å²) in [5, 5.41) is 3.12. The first-order valence-electron chi connectivity index (χ1n) is 10.9. The summed E-state index contributed by atoms with van der Waals surface area (Å²) in [6.45, 7) is 7.46. The molecule has 2 aromatic rings. The monoisotopic (exact) mass is 441 g/mol. The fourth-order valence-corrected chi connectivity index (χ4v) is 6.41. The van der Waals surface area contributed by atoms with Gasteiger partial charge in [0.25, 0.3) is 0 Å². The van der Waals surface area contributed by atoms with Crippen molar-refractivity contribution in [2.45, 2.75) is 50.6 Å². The van der Waals surface area contributed by atoms with Gasteiger partial charge in [-0.05, 0) is 50.3 Å². The molecule has 31 heavy (non-hydrogen) atoms. The van der Waals surface area contributed by atoms with Crippen molar-refractivity contribution in [2.24, 2.45) is 0 Å². The van der Waals surface area contributed by atoms with Crippen LogP contribution in [0.5, 0.6) is 0 Å². The summed E-state index contributed by atoms with van der Waals surface area (Å²) < 4.78 is 28.4. The van der Waals surface area contributed by atoms with Gasteiger partial charge >= 0.3 is 0 Å². The molecule has 1 N–H and O–H groups in total. The zero-order valence-corrected chi connectivity index (χ0v) is 19.3. The van der Waals surface area contributed by atoms with Crippen molar-refractivity contribution in [2.75, 3.05) is 26.2 Å². The molecule has 7 heteroatoms. The van der Waals surface area contributed by atoms with Crippen LogP contribution in [-0.4, -0.2) is 55.8 Å². The van der Waals surface area contributed by atoms with Gasteiger partial charge in [-0.25, -0.2) is 8.42 Å². The summed E-state index contributed by atoms with van der Waals surface area (Å²) in [6, 6.07) is 13.5. The highest BCUT2D eigenvalue weighted by Crippen LogP contribution is 2.29. The van der Waals surface area contributed by atoms with Gasteiger partial charge < -0.3 is 5.32 Å². The van der Waals surface area contributed by atoms with E-state index in [1.165, 1.54) is 0 Å². The van der Waals surface area contributed by atoms with Crippen molar-refractivity contribution in [1.82, 2.24) is 14.5 Å². The summed E-state index contributed by atoms with van der Waals surface area (Å²) in [5.74, 6) is 0.00947. The predicted molar refractivity (Wildman–Crippen MR) is 121 cm³/mol. The van der Waals surface area contributed by atoms with Crippen molar-refractivity contribution in [3.05, 3.63) is 64.7 Å². The van der Waals surface area contributed by atoms with Gasteiger partial charge in [0.2, 0.25) is 15.9 Å². The fourth-order valence-electron chi connectivity index (χ4n) is 4.58. The van der Waals surface area contributed by atoms with Crippen molar-refractivity contribution < 1.29 is 13.2 Å². The first kappa shape index (κ1) is 22.0. The number of amides is 1. The Morgan fingerprint density at radius 1 is 0.968 bits per heavy atom. The van der Waals surface area contributed by atoms with Crippen LogP contribution < -0.4 is 5.32 Å². The molecule has 0 radical (unpaired) electrons. The Hall–Kier alpha value is -2.22. The van der Waals surface area contributed by atoms with E-state index in [1.54, 1.807) is 4.31 Å². The maximum Gasteiger partial charge on any atom is 0.243 e. The average Bonchev–Trinajstić information content (AvgIpc) is 3.52. The van der Waals surface area contributed by atoms with Crippen molar-refractivity contribution in [3.63, 3.8) is 0 Å². The fraction of sp³-hybridized carbons (Fsp3) is 0.458. The molecular weight excluding hydrogens is 410 g/mol. The topological polar surface area (TPSA) is 69.7 Å². The molecule has 2 aromatic carbocycles. The molecule has 1 heterocycles. The number of piperazine rings is 1. The number of rotatable bonds is 6. The number of benzene rings is 2. The molecule has 1 amide bonds. The summed E-state index contributed by atoms with van der Waals surface area (Å²) in [4.78, 5) is 15.5. The molecule has 2 fully saturated rings. The third kappa shape index (κ3) is 4.68. The van der Waals surface area contributed by atoms with Crippen molar-refractivity contribution >= 4 is 15.9 Å². The Balaban J connectivity index is 1.53. The summed E-state index contributed by atoms with van der Waals surface area (Å²) >= 11 is 0. The number of hydrogen-bond acceptors (Lipinski definition) is 4. The van der Waals surface area contributed by atoms with Crippen molar-refractivity contribution in [1.29, 1.82) is 0 Å². The number of hydrogen-bond donors (Lipinski definition) is 1. The summed E-state index contributed by atoms with van der Waals surface area (Å²) in [7, 11) is -3.58. The Labute approximate surface area is 185 Å². The van der Waals surface area contributed by atoms with Crippen LogP contribution in [0.1, 0.15) is 41.1 Å². The van der Waals surface area contributed by atoms with E-state index in [0.29, 0.717) is 31.1 Å². The van der Waals surface area contributed by atoms with Crippen LogP contribution in [0.3, 0.4) is 0 Å². The first-order chi connectivity index (χ1) is 14.8. The third-order valence-electron chi connectivity index (χ3n) is 6.13. The zero-order chi connectivity index (χ0) is 22.2. The number of sulfonamides is 1. The minimum absolute atomic E-state index is 0.00947. The van der Waals surface area contributed by atoms with Crippen LogP contribution in [0.25, 0.3) is 0 Å². The lowest BCUT2D eigenvalue weighted by molar-refractivity contribution is -0.127. The third-order valence-corrected chi connectivity index (χ3v) is 8.33. The predicted octanol–water partition coefficient (Wildman–Crippen LogP) is 2.94. The maximum atomic E-state index is 13.4. The quantitative estimate of drug-likeness (QED) is 0.748. The SMILES string of the molecule is Cc1cc(C)c(S(=O)(=O)N2CCN(C(C(=O)NC3CC3)c3ccccc3)CC2)c(C)c1. The van der Waals surface area contributed by atoms with Gasteiger partial charge in [-0.15, -0.1) is 0 Å². The van der Waals surface area contributed by atoms with E-state index in [0.717, 1.165) is 35.1 Å². The normalized spacial score (nSPS) is 19.2. The lowest BCUT2D eigenvalue weighted by Gasteiger charge is -2.38. The second-order valence-corrected chi connectivity index (χ2v) is 10.6. The zero-order valence-electron chi connectivity index (χ0n) is 18.5. The highest BCUT2D eigenvalue weighted by molar-refractivity contribution is 7.89. The van der Waals surface area contributed by atoms with Crippen LogP contribution >= 0.6 is 0 Å². The molecule has 1 unspecified atom stereocenters. The average molecular weight is 442 g/mol. The van der Waals surface area contributed by atoms with E-state index in [1.807, 2.05) is 63.2 Å². The molecule has 2 aliphatic rings. The molecular formula is C24H31N3O3S. The molecule has 1 saturated carbocycles. The smallest absolute Gasteiger partial charge is 0.243 e. The molecule has 166 valence electrons. The standard InChI is InChI=1S/C24H31N3O3S/c1-17-15-18(2)23(19(3)16-17)31(29,30)27-13-11-26(12-14-27)22(20-7-5-4-6-8-20)24(28)25-21-9-10-21/h4-8,15-16,21-22H,9-14H2,1-3H3,(H,25,28). The largest absolute Gasteiger partial charge is 0.352 e. The number of nitrogens with one attached hydrogen (secondary N) is 1. The van der Waals surface area contributed by atoms with Crippen LogP contribution in [-0.2, 0) is 14.8 Å². The van der Waals surface area contributed by atoms with E-state index in [9.17, 15) is 13.2 Å². The maximum absolute atomic E-state index is 13.4. The molecule has 1 aliphatic heterocycles. The minimum atomic E-state index is -3.58. The van der Waals surface area contributed by atoms with E-state index in [2.05, 4.69) is 10.2 Å². The highest BCUT2D eigenvalue weighted by atomic mass is 32.2. The number of aryl methyl sites for hydroxylation is 3. The molecule has 0 spiro atoms. The Morgan fingerprint density at radius 3 is 2.10 bits per heavy atom.